The zero-order valence-corrected chi connectivity index (χ0v) is 9.27. The van der Waals surface area contributed by atoms with Crippen molar-refractivity contribution in [3.63, 3.8) is 0 Å². The van der Waals surface area contributed by atoms with Crippen LogP contribution in [0.1, 0.15) is 20.3 Å². The highest BCUT2D eigenvalue weighted by atomic mass is 19.1. The van der Waals surface area contributed by atoms with Crippen molar-refractivity contribution in [2.45, 2.75) is 25.9 Å². The SMILES string of the molecule is CC(C)(F)CCOc1ccc([N+](=O)[O-])cc1. The van der Waals surface area contributed by atoms with Gasteiger partial charge in [0.25, 0.3) is 5.69 Å². The number of hydrogen-bond acceptors (Lipinski definition) is 3. The fourth-order valence-corrected chi connectivity index (χ4v) is 1.08. The lowest BCUT2D eigenvalue weighted by molar-refractivity contribution is -0.384. The lowest BCUT2D eigenvalue weighted by Gasteiger charge is -2.14. The second-order valence-electron chi connectivity index (χ2n) is 4.07. The first kappa shape index (κ1) is 12.4. The van der Waals surface area contributed by atoms with Crippen molar-refractivity contribution < 1.29 is 14.1 Å². The zero-order chi connectivity index (χ0) is 12.2. The average molecular weight is 227 g/mol. The van der Waals surface area contributed by atoms with E-state index in [1.54, 1.807) is 0 Å². The Morgan fingerprint density at radius 1 is 1.38 bits per heavy atom. The summed E-state index contributed by atoms with van der Waals surface area (Å²) in [7, 11) is 0. The molecule has 88 valence electrons. The molecular formula is C11H14FNO3. The molecule has 4 nitrogen and oxygen atoms in total. The lowest BCUT2D eigenvalue weighted by atomic mass is 10.1. The van der Waals surface area contributed by atoms with Crippen LogP contribution in [0.2, 0.25) is 0 Å². The maximum Gasteiger partial charge on any atom is 0.269 e. The van der Waals surface area contributed by atoms with Gasteiger partial charge in [-0.1, -0.05) is 0 Å². The van der Waals surface area contributed by atoms with Crippen LogP contribution in [0, 0.1) is 10.1 Å². The van der Waals surface area contributed by atoms with E-state index < -0.39 is 10.6 Å². The Hall–Kier alpha value is -1.65. The lowest BCUT2D eigenvalue weighted by Crippen LogP contribution is -2.16. The van der Waals surface area contributed by atoms with Crippen molar-refractivity contribution in [1.29, 1.82) is 0 Å². The summed E-state index contributed by atoms with van der Waals surface area (Å²) in [5, 5.41) is 10.4. The van der Waals surface area contributed by atoms with Crippen LogP contribution in [-0.2, 0) is 0 Å². The van der Waals surface area contributed by atoms with E-state index in [0.29, 0.717) is 5.75 Å². The van der Waals surface area contributed by atoms with Crippen molar-refractivity contribution >= 4 is 5.69 Å². The highest BCUT2D eigenvalue weighted by Gasteiger charge is 2.15. The summed E-state index contributed by atoms with van der Waals surface area (Å²) in [6.45, 7) is 3.21. The highest BCUT2D eigenvalue weighted by molar-refractivity contribution is 5.35. The van der Waals surface area contributed by atoms with Gasteiger partial charge in [-0.15, -0.1) is 0 Å². The molecule has 0 saturated carbocycles. The first-order chi connectivity index (χ1) is 7.38. The Morgan fingerprint density at radius 2 is 1.94 bits per heavy atom. The number of hydrogen-bond donors (Lipinski definition) is 0. The summed E-state index contributed by atoms with van der Waals surface area (Å²) in [6, 6.07) is 5.72. The second-order valence-corrected chi connectivity index (χ2v) is 4.07. The topological polar surface area (TPSA) is 52.4 Å². The van der Waals surface area contributed by atoms with Crippen molar-refractivity contribution in [2.75, 3.05) is 6.61 Å². The molecule has 0 aliphatic carbocycles. The minimum absolute atomic E-state index is 0.0122. The van der Waals surface area contributed by atoms with Crippen LogP contribution in [0.15, 0.2) is 24.3 Å². The molecule has 0 saturated heterocycles. The minimum atomic E-state index is -1.26. The van der Waals surface area contributed by atoms with E-state index in [2.05, 4.69) is 0 Å². The number of benzene rings is 1. The molecule has 1 aromatic carbocycles. The molecule has 16 heavy (non-hydrogen) atoms. The van der Waals surface area contributed by atoms with Gasteiger partial charge >= 0.3 is 0 Å². The number of ether oxygens (including phenoxy) is 1. The van der Waals surface area contributed by atoms with E-state index in [1.165, 1.54) is 38.1 Å². The van der Waals surface area contributed by atoms with Crippen LogP contribution in [0.4, 0.5) is 10.1 Å². The normalized spacial score (nSPS) is 11.2. The molecule has 0 bridgehead atoms. The first-order valence-corrected chi connectivity index (χ1v) is 4.95. The molecule has 1 rings (SSSR count). The van der Waals surface area contributed by atoms with Gasteiger partial charge in [-0.3, -0.25) is 10.1 Å². The summed E-state index contributed by atoms with van der Waals surface area (Å²) < 4.78 is 18.3. The smallest absolute Gasteiger partial charge is 0.269 e. The molecule has 0 unspecified atom stereocenters. The van der Waals surface area contributed by atoms with Crippen molar-refractivity contribution in [1.82, 2.24) is 0 Å². The molecule has 0 atom stereocenters. The van der Waals surface area contributed by atoms with E-state index in [0.717, 1.165) is 0 Å². The molecule has 0 aliphatic rings. The Balaban J connectivity index is 2.47. The molecule has 1 aromatic rings. The van der Waals surface area contributed by atoms with Gasteiger partial charge < -0.3 is 4.74 Å². The molecule has 0 spiro atoms. The number of nitrogens with zero attached hydrogens (tertiary/aromatic N) is 1. The van der Waals surface area contributed by atoms with Crippen LogP contribution in [0.5, 0.6) is 5.75 Å². The number of non-ortho nitro benzene ring substituents is 1. The molecule has 0 fully saturated rings. The molecule has 0 aromatic heterocycles. The second kappa shape index (κ2) is 4.92. The van der Waals surface area contributed by atoms with Crippen molar-refractivity contribution in [3.05, 3.63) is 34.4 Å². The van der Waals surface area contributed by atoms with Gasteiger partial charge in [0.15, 0.2) is 0 Å². The summed E-state index contributed by atoms with van der Waals surface area (Å²) >= 11 is 0. The molecule has 0 amide bonds. The Morgan fingerprint density at radius 3 is 2.38 bits per heavy atom. The predicted molar refractivity (Wildman–Crippen MR) is 58.4 cm³/mol. The van der Waals surface area contributed by atoms with Crippen LogP contribution < -0.4 is 4.74 Å². The number of nitro benzene ring substituents is 1. The predicted octanol–water partition coefficient (Wildman–Crippen LogP) is 3.11. The standard InChI is InChI=1S/C11H14FNO3/c1-11(2,12)7-8-16-10-5-3-9(4-6-10)13(14)15/h3-6H,7-8H2,1-2H3. The average Bonchev–Trinajstić information content (AvgIpc) is 2.16. The Labute approximate surface area is 93.2 Å². The van der Waals surface area contributed by atoms with Gasteiger partial charge in [-0.25, -0.2) is 4.39 Å². The maximum atomic E-state index is 13.1. The van der Waals surface area contributed by atoms with Crippen LogP contribution in [0.3, 0.4) is 0 Å². The van der Waals surface area contributed by atoms with E-state index in [-0.39, 0.29) is 18.7 Å². The zero-order valence-electron chi connectivity index (χ0n) is 9.27. The molecular weight excluding hydrogens is 213 g/mol. The first-order valence-electron chi connectivity index (χ1n) is 4.95. The largest absolute Gasteiger partial charge is 0.493 e. The van der Waals surface area contributed by atoms with E-state index >= 15 is 0 Å². The maximum absolute atomic E-state index is 13.1. The highest BCUT2D eigenvalue weighted by Crippen LogP contribution is 2.19. The summed E-state index contributed by atoms with van der Waals surface area (Å²) in [6.07, 6.45) is 0.282. The van der Waals surface area contributed by atoms with Crippen molar-refractivity contribution in [2.24, 2.45) is 0 Å². The third kappa shape index (κ3) is 4.25. The number of rotatable bonds is 5. The Bertz CT molecular complexity index is 356. The molecule has 5 heteroatoms. The third-order valence-corrected chi connectivity index (χ3v) is 2.01. The minimum Gasteiger partial charge on any atom is -0.493 e. The molecule has 0 heterocycles. The van der Waals surface area contributed by atoms with Crippen molar-refractivity contribution in [3.8, 4) is 5.75 Å². The van der Waals surface area contributed by atoms with Gasteiger partial charge in [0.2, 0.25) is 0 Å². The summed E-state index contributed by atoms with van der Waals surface area (Å²) in [5.41, 5.74) is -1.25. The van der Waals surface area contributed by atoms with E-state index in [4.69, 9.17) is 4.74 Å². The number of nitro groups is 1. The van der Waals surface area contributed by atoms with Gasteiger partial charge in [-0.2, -0.15) is 0 Å². The number of alkyl halides is 1. The quantitative estimate of drug-likeness (QED) is 0.573. The summed E-state index contributed by atoms with van der Waals surface area (Å²) in [4.78, 5) is 9.90. The fourth-order valence-electron chi connectivity index (χ4n) is 1.08. The molecule has 0 radical (unpaired) electrons. The number of halogens is 1. The van der Waals surface area contributed by atoms with Gasteiger partial charge in [-0.05, 0) is 26.0 Å². The van der Waals surface area contributed by atoms with E-state index in [9.17, 15) is 14.5 Å². The van der Waals surface area contributed by atoms with Gasteiger partial charge in [0, 0.05) is 18.6 Å². The Kier molecular flexibility index (Phi) is 3.82. The van der Waals surface area contributed by atoms with Gasteiger partial charge in [0.1, 0.15) is 11.4 Å². The molecule has 0 aliphatic heterocycles. The monoisotopic (exact) mass is 227 g/mol. The van der Waals surface area contributed by atoms with Crippen LogP contribution in [-0.4, -0.2) is 17.2 Å². The van der Waals surface area contributed by atoms with Gasteiger partial charge in [0.05, 0.1) is 11.5 Å². The van der Waals surface area contributed by atoms with E-state index in [1.807, 2.05) is 0 Å². The third-order valence-electron chi connectivity index (χ3n) is 2.01. The van der Waals surface area contributed by atoms with Crippen LogP contribution >= 0.6 is 0 Å². The summed E-state index contributed by atoms with van der Waals surface area (Å²) in [5.74, 6) is 0.509. The fraction of sp³-hybridized carbons (Fsp3) is 0.455. The molecule has 0 N–H and O–H groups in total. The van der Waals surface area contributed by atoms with Crippen LogP contribution in [0.25, 0.3) is 0 Å².